The molecule has 0 spiro atoms. The summed E-state index contributed by atoms with van der Waals surface area (Å²) in [6, 6.07) is 7.26. The van der Waals surface area contributed by atoms with Gasteiger partial charge in [0.1, 0.15) is 0 Å². The Labute approximate surface area is 174 Å². The minimum absolute atomic E-state index is 0.216. The second kappa shape index (κ2) is 7.91. The molecule has 1 aliphatic heterocycles. The molecule has 2 aromatic heterocycles. The topological polar surface area (TPSA) is 105 Å². The Balaban J connectivity index is 1.47. The van der Waals surface area contributed by atoms with Crippen LogP contribution >= 0.6 is 0 Å². The second-order valence-electron chi connectivity index (χ2n) is 7.79. The van der Waals surface area contributed by atoms with Crippen molar-refractivity contribution in [2.45, 2.75) is 32.9 Å². The van der Waals surface area contributed by atoms with E-state index in [4.69, 9.17) is 0 Å². The van der Waals surface area contributed by atoms with E-state index < -0.39 is 0 Å². The average Bonchev–Trinajstić information content (AvgIpc) is 3.26. The smallest absolute Gasteiger partial charge is 0.348 e. The molecule has 30 heavy (non-hydrogen) atoms. The van der Waals surface area contributed by atoms with Crippen LogP contribution in [0, 0.1) is 13.8 Å². The number of hydrogen-bond acceptors (Lipinski definition) is 6. The molecule has 9 nitrogen and oxygen atoms in total. The molecule has 3 aromatic rings. The zero-order chi connectivity index (χ0) is 21.4. The number of imidazole rings is 1. The molecule has 1 saturated heterocycles. The molecule has 1 atom stereocenters. The van der Waals surface area contributed by atoms with Crippen molar-refractivity contribution < 1.29 is 9.90 Å². The lowest BCUT2D eigenvalue weighted by Gasteiger charge is -2.16. The van der Waals surface area contributed by atoms with Gasteiger partial charge >= 0.3 is 5.69 Å². The number of aliphatic hydroxyl groups excluding tert-OH is 1. The Morgan fingerprint density at radius 2 is 2.07 bits per heavy atom. The van der Waals surface area contributed by atoms with E-state index in [1.54, 1.807) is 23.6 Å². The number of carbonyl (C=O) groups excluding carboxylic acids is 1. The number of amides is 1. The molecule has 0 radical (unpaired) electrons. The third-order valence-corrected chi connectivity index (χ3v) is 5.53. The Morgan fingerprint density at radius 1 is 1.27 bits per heavy atom. The van der Waals surface area contributed by atoms with Crippen molar-refractivity contribution in [2.24, 2.45) is 7.05 Å². The molecule has 3 heterocycles. The van der Waals surface area contributed by atoms with E-state index in [2.05, 4.69) is 20.2 Å². The zero-order valence-electron chi connectivity index (χ0n) is 17.4. The summed E-state index contributed by atoms with van der Waals surface area (Å²) in [7, 11) is 1.94. The largest absolute Gasteiger partial charge is 0.391 e. The fraction of sp³-hybridized carbons (Fsp3) is 0.429. The highest BCUT2D eigenvalue weighted by Gasteiger charge is 2.24. The van der Waals surface area contributed by atoms with E-state index in [1.165, 1.54) is 0 Å². The van der Waals surface area contributed by atoms with Crippen molar-refractivity contribution in [2.75, 3.05) is 24.5 Å². The van der Waals surface area contributed by atoms with Crippen molar-refractivity contribution in [1.29, 1.82) is 0 Å². The van der Waals surface area contributed by atoms with Crippen LogP contribution in [0.3, 0.4) is 0 Å². The normalized spacial score (nSPS) is 16.4. The van der Waals surface area contributed by atoms with Gasteiger partial charge in [0, 0.05) is 50.2 Å². The van der Waals surface area contributed by atoms with Gasteiger partial charge in [0.15, 0.2) is 0 Å². The maximum Gasteiger partial charge on any atom is 0.348 e. The van der Waals surface area contributed by atoms with Crippen molar-refractivity contribution in [3.05, 3.63) is 51.7 Å². The van der Waals surface area contributed by atoms with Gasteiger partial charge in [0.2, 0.25) is 5.95 Å². The fourth-order valence-electron chi connectivity index (χ4n) is 3.96. The molecule has 1 amide bonds. The number of hydrogen-bond donors (Lipinski definition) is 2. The lowest BCUT2D eigenvalue weighted by Crippen LogP contribution is -2.33. The number of benzene rings is 1. The lowest BCUT2D eigenvalue weighted by atomic mass is 10.2. The first-order valence-electron chi connectivity index (χ1n) is 10.1. The van der Waals surface area contributed by atoms with Gasteiger partial charge < -0.3 is 19.9 Å². The number of β-amino-alcohol motifs (C(OH)–C–C–N with tert-alkyl or cyclic N) is 1. The Hall–Kier alpha value is -3.20. The maximum absolute atomic E-state index is 12.6. The standard InChI is InChI=1S/C21H26N6O3/c1-13-10-14(2)27(21(30)23-13)9-7-22-19(29)15-4-5-18-17(11-15)24-20(25(18)3)26-8-6-16(28)12-26/h4-5,10-11,16,28H,6-9,12H2,1-3H3,(H,22,29)/t16-/m0/s1. The number of rotatable bonds is 5. The van der Waals surface area contributed by atoms with Crippen LogP contribution in [-0.4, -0.2) is 55.9 Å². The molecule has 1 fully saturated rings. The minimum Gasteiger partial charge on any atom is -0.391 e. The zero-order valence-corrected chi connectivity index (χ0v) is 17.4. The maximum atomic E-state index is 12.6. The van der Waals surface area contributed by atoms with Crippen LogP contribution in [0.2, 0.25) is 0 Å². The second-order valence-corrected chi connectivity index (χ2v) is 7.79. The van der Waals surface area contributed by atoms with E-state index in [-0.39, 0.29) is 17.7 Å². The van der Waals surface area contributed by atoms with Gasteiger partial charge in [-0.3, -0.25) is 9.36 Å². The monoisotopic (exact) mass is 410 g/mol. The van der Waals surface area contributed by atoms with Gasteiger partial charge in [-0.15, -0.1) is 0 Å². The third kappa shape index (κ3) is 3.80. The van der Waals surface area contributed by atoms with Gasteiger partial charge in [0.05, 0.1) is 17.1 Å². The third-order valence-electron chi connectivity index (χ3n) is 5.53. The highest BCUT2D eigenvalue weighted by molar-refractivity contribution is 5.97. The Bertz CT molecular complexity index is 1170. The summed E-state index contributed by atoms with van der Waals surface area (Å²) in [5.74, 6) is 0.576. The molecule has 1 aliphatic rings. The number of carbonyl (C=O) groups is 1. The molecule has 0 saturated carbocycles. The Kier molecular flexibility index (Phi) is 5.29. The molecule has 0 aliphatic carbocycles. The van der Waals surface area contributed by atoms with E-state index >= 15 is 0 Å². The molecule has 9 heteroatoms. The number of aromatic nitrogens is 4. The SMILES string of the molecule is Cc1cc(C)n(CCNC(=O)c2ccc3c(c2)nc(N2CC[C@H](O)C2)n3C)c(=O)n1. The first-order chi connectivity index (χ1) is 14.3. The van der Waals surface area contributed by atoms with E-state index in [0.29, 0.717) is 30.9 Å². The fourth-order valence-corrected chi connectivity index (χ4v) is 3.96. The summed E-state index contributed by atoms with van der Waals surface area (Å²) >= 11 is 0. The molecule has 0 bridgehead atoms. The molecule has 1 aromatic carbocycles. The predicted octanol–water partition coefficient (Wildman–Crippen LogP) is 0.748. The highest BCUT2D eigenvalue weighted by Crippen LogP contribution is 2.25. The molecular weight excluding hydrogens is 384 g/mol. The number of nitrogens with one attached hydrogen (secondary N) is 1. The summed E-state index contributed by atoms with van der Waals surface area (Å²) in [5.41, 5.74) is 3.36. The Morgan fingerprint density at radius 3 is 2.77 bits per heavy atom. The quantitative estimate of drug-likeness (QED) is 0.643. The van der Waals surface area contributed by atoms with Gasteiger partial charge in [-0.25, -0.2) is 9.78 Å². The molecule has 4 rings (SSSR count). The number of fused-ring (bicyclic) bond motifs is 1. The van der Waals surface area contributed by atoms with Gasteiger partial charge in [0.25, 0.3) is 5.91 Å². The predicted molar refractivity (Wildman–Crippen MR) is 114 cm³/mol. The van der Waals surface area contributed by atoms with E-state index in [1.807, 2.05) is 30.7 Å². The number of aliphatic hydroxyl groups is 1. The molecule has 0 unspecified atom stereocenters. The number of nitrogens with zero attached hydrogens (tertiary/aromatic N) is 5. The average molecular weight is 410 g/mol. The van der Waals surface area contributed by atoms with E-state index in [0.717, 1.165) is 35.6 Å². The first kappa shape index (κ1) is 20.1. The minimum atomic E-state index is -0.328. The van der Waals surface area contributed by atoms with Gasteiger partial charge in [-0.2, -0.15) is 4.98 Å². The van der Waals surface area contributed by atoms with Crippen molar-refractivity contribution in [3.8, 4) is 0 Å². The van der Waals surface area contributed by atoms with Crippen molar-refractivity contribution >= 4 is 22.9 Å². The van der Waals surface area contributed by atoms with E-state index in [9.17, 15) is 14.7 Å². The van der Waals surface area contributed by atoms with Crippen LogP contribution in [0.1, 0.15) is 28.2 Å². The lowest BCUT2D eigenvalue weighted by molar-refractivity contribution is 0.0952. The van der Waals surface area contributed by atoms with Gasteiger partial charge in [-0.05, 0) is 44.5 Å². The van der Waals surface area contributed by atoms with Crippen molar-refractivity contribution in [3.63, 3.8) is 0 Å². The van der Waals surface area contributed by atoms with Crippen LogP contribution in [0.25, 0.3) is 11.0 Å². The van der Waals surface area contributed by atoms with Crippen LogP contribution in [0.5, 0.6) is 0 Å². The summed E-state index contributed by atoms with van der Waals surface area (Å²) in [5, 5.41) is 12.7. The van der Waals surface area contributed by atoms with Crippen LogP contribution in [-0.2, 0) is 13.6 Å². The summed E-state index contributed by atoms with van der Waals surface area (Å²) < 4.78 is 3.53. The number of aryl methyl sites for hydroxylation is 3. The summed E-state index contributed by atoms with van der Waals surface area (Å²) in [6.45, 7) is 5.64. The first-order valence-corrected chi connectivity index (χ1v) is 10.1. The molecule has 158 valence electrons. The van der Waals surface area contributed by atoms with Crippen LogP contribution in [0.15, 0.2) is 29.1 Å². The number of anilines is 1. The van der Waals surface area contributed by atoms with Crippen LogP contribution in [0.4, 0.5) is 5.95 Å². The van der Waals surface area contributed by atoms with Crippen LogP contribution < -0.4 is 15.9 Å². The van der Waals surface area contributed by atoms with Gasteiger partial charge in [-0.1, -0.05) is 0 Å². The summed E-state index contributed by atoms with van der Waals surface area (Å²) in [6.07, 6.45) is 0.404. The van der Waals surface area contributed by atoms with Crippen molar-refractivity contribution in [1.82, 2.24) is 24.4 Å². The summed E-state index contributed by atoms with van der Waals surface area (Å²) in [4.78, 5) is 35.3. The molecule has 2 N–H and O–H groups in total. The highest BCUT2D eigenvalue weighted by atomic mass is 16.3. The molecular formula is C21H26N6O3.